The predicted octanol–water partition coefficient (Wildman–Crippen LogP) is 2.29. The van der Waals surface area contributed by atoms with Crippen LogP contribution in [0, 0.1) is 0 Å². The number of carbonyl (C=O) groups excluding carboxylic acids is 1. The van der Waals surface area contributed by atoms with Crippen molar-refractivity contribution in [1.29, 1.82) is 0 Å². The maximum atomic E-state index is 10.9. The summed E-state index contributed by atoms with van der Waals surface area (Å²) in [7, 11) is 0. The van der Waals surface area contributed by atoms with Crippen molar-refractivity contribution in [2.24, 2.45) is 0 Å². The Morgan fingerprint density at radius 3 is 2.93 bits per heavy atom. The van der Waals surface area contributed by atoms with Crippen molar-refractivity contribution in [2.75, 3.05) is 6.61 Å². The van der Waals surface area contributed by atoms with E-state index >= 15 is 0 Å². The van der Waals surface area contributed by atoms with E-state index in [1.54, 1.807) is 0 Å². The first-order chi connectivity index (χ1) is 6.56. The molecule has 0 spiro atoms. The molecular weight excluding hydrogens is 180 g/mol. The molecule has 1 rings (SSSR count). The predicted molar refractivity (Wildman–Crippen MR) is 54.1 cm³/mol. The van der Waals surface area contributed by atoms with Gasteiger partial charge in [0.1, 0.15) is 5.60 Å². The summed E-state index contributed by atoms with van der Waals surface area (Å²) in [6.07, 6.45) is 4.07. The molecule has 0 unspecified atom stereocenters. The third kappa shape index (κ3) is 3.29. The Balaban J connectivity index is 2.48. The van der Waals surface area contributed by atoms with Gasteiger partial charge in [0.05, 0.1) is 12.7 Å². The van der Waals surface area contributed by atoms with Crippen LogP contribution in [0.4, 0.5) is 0 Å². The topological polar surface area (TPSA) is 35.5 Å². The molecule has 1 aliphatic rings. The third-order valence-electron chi connectivity index (χ3n) is 2.64. The van der Waals surface area contributed by atoms with E-state index in [2.05, 4.69) is 6.92 Å². The highest BCUT2D eigenvalue weighted by atomic mass is 16.6. The molecule has 0 aromatic rings. The normalized spacial score (nSPS) is 32.6. The number of hydrogen-bond acceptors (Lipinski definition) is 3. The van der Waals surface area contributed by atoms with E-state index in [1.165, 1.54) is 6.92 Å². The zero-order valence-corrected chi connectivity index (χ0v) is 9.34. The highest BCUT2D eigenvalue weighted by Crippen LogP contribution is 2.30. The zero-order valence-electron chi connectivity index (χ0n) is 9.34. The van der Waals surface area contributed by atoms with Crippen molar-refractivity contribution < 1.29 is 14.3 Å². The van der Waals surface area contributed by atoms with Crippen LogP contribution in [0.5, 0.6) is 0 Å². The second-order valence-corrected chi connectivity index (χ2v) is 4.28. The molecule has 3 nitrogen and oxygen atoms in total. The van der Waals surface area contributed by atoms with Crippen molar-refractivity contribution in [3.63, 3.8) is 0 Å². The minimum atomic E-state index is -0.302. The van der Waals surface area contributed by atoms with E-state index in [-0.39, 0.29) is 17.7 Å². The van der Waals surface area contributed by atoms with Crippen LogP contribution < -0.4 is 0 Å². The molecule has 3 heteroatoms. The van der Waals surface area contributed by atoms with Gasteiger partial charge in [0.25, 0.3) is 0 Å². The molecule has 0 aromatic heterocycles. The molecule has 82 valence electrons. The fourth-order valence-corrected chi connectivity index (χ4v) is 2.03. The van der Waals surface area contributed by atoms with Gasteiger partial charge in [-0.15, -0.1) is 0 Å². The average Bonchev–Trinajstić information content (AvgIpc) is 2.01. The van der Waals surface area contributed by atoms with Crippen molar-refractivity contribution in [3.05, 3.63) is 0 Å². The van der Waals surface area contributed by atoms with Crippen molar-refractivity contribution in [2.45, 2.75) is 58.2 Å². The molecule has 0 aromatic carbocycles. The van der Waals surface area contributed by atoms with Gasteiger partial charge < -0.3 is 9.47 Å². The van der Waals surface area contributed by atoms with Crippen LogP contribution in [0.25, 0.3) is 0 Å². The Bertz CT molecular complexity index is 201. The van der Waals surface area contributed by atoms with Crippen LogP contribution in [-0.4, -0.2) is 24.3 Å². The number of ether oxygens (including phenoxy) is 2. The molecule has 1 saturated heterocycles. The van der Waals surface area contributed by atoms with Gasteiger partial charge in [0.2, 0.25) is 0 Å². The highest BCUT2D eigenvalue weighted by molar-refractivity contribution is 5.66. The first-order valence-electron chi connectivity index (χ1n) is 5.37. The Hall–Kier alpha value is -0.570. The number of hydrogen-bond donors (Lipinski definition) is 0. The minimum Gasteiger partial charge on any atom is -0.459 e. The number of esters is 1. The van der Waals surface area contributed by atoms with Gasteiger partial charge in [0, 0.05) is 19.8 Å². The van der Waals surface area contributed by atoms with E-state index in [1.807, 2.05) is 6.92 Å². The lowest BCUT2D eigenvalue weighted by molar-refractivity contribution is -0.170. The lowest BCUT2D eigenvalue weighted by Gasteiger charge is -2.37. The van der Waals surface area contributed by atoms with Crippen molar-refractivity contribution >= 4 is 5.97 Å². The smallest absolute Gasteiger partial charge is 0.303 e. The molecule has 2 atom stereocenters. The van der Waals surface area contributed by atoms with Crippen LogP contribution in [0.2, 0.25) is 0 Å². The summed E-state index contributed by atoms with van der Waals surface area (Å²) in [5.41, 5.74) is -0.302. The van der Waals surface area contributed by atoms with Crippen LogP contribution in [0.15, 0.2) is 0 Å². The Kier molecular flexibility index (Phi) is 3.93. The highest BCUT2D eigenvalue weighted by Gasteiger charge is 2.35. The molecule has 0 amide bonds. The first kappa shape index (κ1) is 11.5. The van der Waals surface area contributed by atoms with Crippen LogP contribution in [0.3, 0.4) is 0 Å². The summed E-state index contributed by atoms with van der Waals surface area (Å²) in [4.78, 5) is 10.9. The maximum absolute atomic E-state index is 10.9. The maximum Gasteiger partial charge on any atom is 0.303 e. The number of carbonyl (C=O) groups is 1. The van der Waals surface area contributed by atoms with E-state index in [0.717, 1.165) is 25.7 Å². The molecule has 0 bridgehead atoms. The van der Waals surface area contributed by atoms with Crippen LogP contribution in [-0.2, 0) is 14.3 Å². The quantitative estimate of drug-likeness (QED) is 0.656. The lowest BCUT2D eigenvalue weighted by Crippen LogP contribution is -2.41. The first-order valence-corrected chi connectivity index (χ1v) is 5.37. The largest absolute Gasteiger partial charge is 0.459 e. The van der Waals surface area contributed by atoms with Crippen LogP contribution >= 0.6 is 0 Å². The summed E-state index contributed by atoms with van der Waals surface area (Å²) in [6, 6.07) is 0. The van der Waals surface area contributed by atoms with Gasteiger partial charge in [-0.2, -0.15) is 0 Å². The molecule has 0 aliphatic carbocycles. The second kappa shape index (κ2) is 4.78. The summed E-state index contributed by atoms with van der Waals surface area (Å²) in [5.74, 6) is -0.190. The van der Waals surface area contributed by atoms with Gasteiger partial charge in [-0.05, 0) is 13.3 Å². The Morgan fingerprint density at radius 1 is 1.64 bits per heavy atom. The minimum absolute atomic E-state index is 0.190. The third-order valence-corrected chi connectivity index (χ3v) is 2.64. The number of rotatable bonds is 3. The summed E-state index contributed by atoms with van der Waals surface area (Å²) in [6.45, 7) is 6.31. The Morgan fingerprint density at radius 2 is 2.36 bits per heavy atom. The molecule has 0 radical (unpaired) electrons. The van der Waals surface area contributed by atoms with Gasteiger partial charge in [-0.3, -0.25) is 4.79 Å². The average molecular weight is 200 g/mol. The second-order valence-electron chi connectivity index (χ2n) is 4.28. The monoisotopic (exact) mass is 200 g/mol. The molecule has 14 heavy (non-hydrogen) atoms. The summed E-state index contributed by atoms with van der Waals surface area (Å²) < 4.78 is 10.9. The van der Waals surface area contributed by atoms with Crippen LogP contribution in [0.1, 0.15) is 46.5 Å². The lowest BCUT2D eigenvalue weighted by atomic mass is 9.90. The molecule has 1 fully saturated rings. The standard InChI is InChI=1S/C11H20O3/c1-4-5-10-8-11(3,6-7-13-10)14-9(2)12/h10H,4-8H2,1-3H3/t10-,11-/m0/s1. The molecule has 1 aliphatic heterocycles. The fourth-order valence-electron chi connectivity index (χ4n) is 2.03. The summed E-state index contributed by atoms with van der Waals surface area (Å²) in [5, 5.41) is 0. The fraction of sp³-hybridized carbons (Fsp3) is 0.909. The van der Waals surface area contributed by atoms with Gasteiger partial charge >= 0.3 is 5.97 Å². The van der Waals surface area contributed by atoms with Gasteiger partial charge in [-0.1, -0.05) is 13.3 Å². The molecule has 1 heterocycles. The van der Waals surface area contributed by atoms with Gasteiger partial charge in [0.15, 0.2) is 0 Å². The Labute approximate surface area is 85.8 Å². The summed E-state index contributed by atoms with van der Waals surface area (Å²) >= 11 is 0. The van der Waals surface area contributed by atoms with E-state index in [9.17, 15) is 4.79 Å². The van der Waals surface area contributed by atoms with E-state index < -0.39 is 0 Å². The van der Waals surface area contributed by atoms with Crippen molar-refractivity contribution in [3.8, 4) is 0 Å². The van der Waals surface area contributed by atoms with E-state index in [4.69, 9.17) is 9.47 Å². The molecule has 0 saturated carbocycles. The molecule has 0 N–H and O–H groups in total. The zero-order chi connectivity index (χ0) is 10.6. The SMILES string of the molecule is CCC[C@H]1C[C@@](C)(OC(C)=O)CCO1. The van der Waals surface area contributed by atoms with Crippen molar-refractivity contribution in [1.82, 2.24) is 0 Å². The van der Waals surface area contributed by atoms with Gasteiger partial charge in [-0.25, -0.2) is 0 Å². The molecular formula is C11H20O3. The van der Waals surface area contributed by atoms with E-state index in [0.29, 0.717) is 6.61 Å².